The number of hydrogen-bond acceptors (Lipinski definition) is 5. The van der Waals surface area contributed by atoms with E-state index in [0.717, 1.165) is 4.88 Å². The Bertz CT molecular complexity index is 484. The van der Waals surface area contributed by atoms with Crippen molar-refractivity contribution < 1.29 is 9.84 Å². The van der Waals surface area contributed by atoms with Gasteiger partial charge in [-0.25, -0.2) is 0 Å². The van der Waals surface area contributed by atoms with E-state index in [-0.39, 0.29) is 5.75 Å². The second-order valence-corrected chi connectivity index (χ2v) is 4.40. The normalized spacial score (nSPS) is 10.4. The third-order valence-electron chi connectivity index (χ3n) is 1.86. The molecule has 1 heterocycles. The molecule has 0 fully saturated rings. The average molecular weight is 257 g/mol. The van der Waals surface area contributed by atoms with Crippen molar-refractivity contribution >= 4 is 22.9 Å². The molecule has 6 heteroatoms. The number of nitrogens with zero attached hydrogens (tertiary/aromatic N) is 1. The lowest BCUT2D eigenvalue weighted by atomic mass is 10.3. The van der Waals surface area contributed by atoms with Gasteiger partial charge >= 0.3 is 0 Å². The summed E-state index contributed by atoms with van der Waals surface area (Å²) in [6.07, 6.45) is 0. The summed E-state index contributed by atoms with van der Waals surface area (Å²) in [5, 5.41) is 9.92. The minimum atomic E-state index is 0.187. The zero-order valence-corrected chi connectivity index (χ0v) is 9.76. The van der Waals surface area contributed by atoms with E-state index in [4.69, 9.17) is 27.2 Å². The van der Waals surface area contributed by atoms with Crippen LogP contribution in [-0.4, -0.2) is 10.1 Å². The lowest BCUT2D eigenvalue weighted by Gasteiger charge is -2.00. The van der Waals surface area contributed by atoms with Crippen molar-refractivity contribution in [2.75, 3.05) is 0 Å². The molecule has 0 amide bonds. The first-order valence-electron chi connectivity index (χ1n) is 4.51. The fraction of sp³-hybridized carbons (Fsp3) is 0.100. The predicted molar refractivity (Wildman–Crippen MR) is 63.2 cm³/mol. The Morgan fingerprint density at radius 3 is 2.62 bits per heavy atom. The first-order valence-corrected chi connectivity index (χ1v) is 5.70. The molecule has 16 heavy (non-hydrogen) atoms. The Hall–Kier alpha value is -1.30. The monoisotopic (exact) mass is 256 g/mol. The maximum atomic E-state index is 9.10. The number of nitrogens with two attached hydrogens (primary N) is 1. The number of benzene rings is 1. The van der Waals surface area contributed by atoms with Crippen LogP contribution < -0.4 is 10.5 Å². The van der Waals surface area contributed by atoms with Gasteiger partial charge in [-0.1, -0.05) is 22.9 Å². The van der Waals surface area contributed by atoms with Crippen molar-refractivity contribution in [2.45, 2.75) is 6.54 Å². The maximum absolute atomic E-state index is 9.10. The zero-order chi connectivity index (χ0) is 11.5. The van der Waals surface area contributed by atoms with Gasteiger partial charge in [-0.2, -0.15) is 4.98 Å². The fourth-order valence-electron chi connectivity index (χ4n) is 1.10. The molecule has 2 rings (SSSR count). The van der Waals surface area contributed by atoms with Crippen LogP contribution in [0.2, 0.25) is 5.15 Å². The van der Waals surface area contributed by atoms with E-state index in [1.165, 1.54) is 23.5 Å². The molecule has 0 unspecified atom stereocenters. The van der Waals surface area contributed by atoms with Gasteiger partial charge in [-0.3, -0.25) is 0 Å². The molecule has 0 spiro atoms. The fourth-order valence-corrected chi connectivity index (χ4v) is 2.12. The van der Waals surface area contributed by atoms with E-state index in [2.05, 4.69) is 4.98 Å². The number of rotatable bonds is 3. The van der Waals surface area contributed by atoms with Crippen LogP contribution in [0.15, 0.2) is 24.3 Å². The maximum Gasteiger partial charge on any atom is 0.280 e. The SMILES string of the molecule is NCc1sc(Oc2ccc(O)cc2)nc1Cl. The molecule has 0 saturated carbocycles. The van der Waals surface area contributed by atoms with Gasteiger partial charge in [-0.15, -0.1) is 0 Å². The highest BCUT2D eigenvalue weighted by Crippen LogP contribution is 2.32. The summed E-state index contributed by atoms with van der Waals surface area (Å²) in [7, 11) is 0. The Balaban J connectivity index is 2.17. The first-order chi connectivity index (χ1) is 7.69. The summed E-state index contributed by atoms with van der Waals surface area (Å²) in [4.78, 5) is 4.81. The summed E-state index contributed by atoms with van der Waals surface area (Å²) in [6, 6.07) is 6.36. The second-order valence-electron chi connectivity index (χ2n) is 2.99. The molecule has 3 N–H and O–H groups in total. The van der Waals surface area contributed by atoms with Crippen LogP contribution in [0.3, 0.4) is 0 Å². The standard InChI is InChI=1S/C10H9ClN2O2S/c11-9-8(5-12)16-10(13-9)15-7-3-1-6(14)2-4-7/h1-4,14H,5,12H2. The molecule has 0 radical (unpaired) electrons. The van der Waals surface area contributed by atoms with Crippen LogP contribution in [0.5, 0.6) is 16.7 Å². The van der Waals surface area contributed by atoms with Gasteiger partial charge < -0.3 is 15.6 Å². The van der Waals surface area contributed by atoms with Crippen LogP contribution >= 0.6 is 22.9 Å². The van der Waals surface area contributed by atoms with E-state index in [1.807, 2.05) is 0 Å². The van der Waals surface area contributed by atoms with Crippen LogP contribution in [-0.2, 0) is 6.54 Å². The van der Waals surface area contributed by atoms with E-state index >= 15 is 0 Å². The number of aromatic hydroxyl groups is 1. The molecule has 2 aromatic rings. The van der Waals surface area contributed by atoms with Crippen LogP contribution in [0, 0.1) is 0 Å². The van der Waals surface area contributed by atoms with Crippen molar-refractivity contribution in [2.24, 2.45) is 5.73 Å². The number of phenols is 1. The first kappa shape index (κ1) is 11.2. The van der Waals surface area contributed by atoms with Crippen LogP contribution in [0.4, 0.5) is 0 Å². The number of halogens is 1. The summed E-state index contributed by atoms with van der Waals surface area (Å²) in [5.41, 5.74) is 5.47. The van der Waals surface area contributed by atoms with Gasteiger partial charge in [-0.05, 0) is 24.3 Å². The van der Waals surface area contributed by atoms with Crippen molar-refractivity contribution in [1.82, 2.24) is 4.98 Å². The van der Waals surface area contributed by atoms with Gasteiger partial charge in [0.25, 0.3) is 5.19 Å². The highest BCUT2D eigenvalue weighted by atomic mass is 35.5. The molecule has 0 aliphatic rings. The average Bonchev–Trinajstić information content (AvgIpc) is 2.62. The van der Waals surface area contributed by atoms with Crippen molar-refractivity contribution in [3.8, 4) is 16.7 Å². The highest BCUT2D eigenvalue weighted by molar-refractivity contribution is 7.14. The van der Waals surface area contributed by atoms with Crippen LogP contribution in [0.25, 0.3) is 0 Å². The third kappa shape index (κ3) is 2.44. The minimum absolute atomic E-state index is 0.187. The van der Waals surface area contributed by atoms with Gasteiger partial charge in [0.05, 0.1) is 4.88 Å². The Labute approximate surface area is 101 Å². The quantitative estimate of drug-likeness (QED) is 0.886. The van der Waals surface area contributed by atoms with Crippen molar-refractivity contribution in [1.29, 1.82) is 0 Å². The molecule has 0 saturated heterocycles. The molecule has 0 bridgehead atoms. The highest BCUT2D eigenvalue weighted by Gasteiger charge is 2.09. The zero-order valence-electron chi connectivity index (χ0n) is 8.18. The van der Waals surface area contributed by atoms with Gasteiger partial charge in [0, 0.05) is 6.54 Å². The molecule has 1 aromatic carbocycles. The lowest BCUT2D eigenvalue weighted by Crippen LogP contribution is -1.92. The number of phenolic OH excluding ortho intramolecular Hbond substituents is 1. The number of ether oxygens (including phenoxy) is 1. The number of aromatic nitrogens is 1. The summed E-state index contributed by atoms with van der Waals surface area (Å²) in [5.74, 6) is 0.777. The molecule has 84 valence electrons. The van der Waals surface area contributed by atoms with Gasteiger partial charge in [0.1, 0.15) is 16.7 Å². The predicted octanol–water partition coefficient (Wildman–Crippen LogP) is 2.75. The lowest BCUT2D eigenvalue weighted by molar-refractivity contribution is 0.463. The van der Waals surface area contributed by atoms with E-state index < -0.39 is 0 Å². The van der Waals surface area contributed by atoms with Crippen LogP contribution in [0.1, 0.15) is 4.88 Å². The molecule has 0 aliphatic heterocycles. The van der Waals surface area contributed by atoms with Gasteiger partial charge in [0.2, 0.25) is 0 Å². The molecule has 0 atom stereocenters. The van der Waals surface area contributed by atoms with Crippen molar-refractivity contribution in [3.63, 3.8) is 0 Å². The minimum Gasteiger partial charge on any atom is -0.508 e. The Morgan fingerprint density at radius 2 is 2.06 bits per heavy atom. The Kier molecular flexibility index (Phi) is 3.28. The van der Waals surface area contributed by atoms with E-state index in [9.17, 15) is 0 Å². The molecule has 1 aromatic heterocycles. The number of hydrogen-bond donors (Lipinski definition) is 2. The molecular weight excluding hydrogens is 248 g/mol. The molecular formula is C10H9ClN2O2S. The topological polar surface area (TPSA) is 68.4 Å². The smallest absolute Gasteiger partial charge is 0.280 e. The van der Waals surface area contributed by atoms with E-state index in [0.29, 0.717) is 22.6 Å². The molecule has 4 nitrogen and oxygen atoms in total. The molecule has 0 aliphatic carbocycles. The largest absolute Gasteiger partial charge is 0.508 e. The summed E-state index contributed by atoms with van der Waals surface area (Å²) >= 11 is 7.14. The summed E-state index contributed by atoms with van der Waals surface area (Å²) < 4.78 is 5.45. The Morgan fingerprint density at radius 1 is 1.38 bits per heavy atom. The summed E-state index contributed by atoms with van der Waals surface area (Å²) in [6.45, 7) is 0.343. The second kappa shape index (κ2) is 4.69. The van der Waals surface area contributed by atoms with E-state index in [1.54, 1.807) is 12.1 Å². The van der Waals surface area contributed by atoms with Gasteiger partial charge in [0.15, 0.2) is 0 Å². The number of thiazole rings is 1. The van der Waals surface area contributed by atoms with Crippen molar-refractivity contribution in [3.05, 3.63) is 34.3 Å². The third-order valence-corrected chi connectivity index (χ3v) is 3.24.